The summed E-state index contributed by atoms with van der Waals surface area (Å²) >= 11 is 3.44. The number of hydrogen-bond donors (Lipinski definition) is 0. The van der Waals surface area contributed by atoms with Crippen LogP contribution in [0.15, 0.2) is 51.4 Å². The van der Waals surface area contributed by atoms with Crippen molar-refractivity contribution in [3.05, 3.63) is 64.0 Å². The summed E-state index contributed by atoms with van der Waals surface area (Å²) in [7, 11) is 0. The van der Waals surface area contributed by atoms with Gasteiger partial charge in [0.05, 0.1) is 6.42 Å². The van der Waals surface area contributed by atoms with Gasteiger partial charge in [-0.25, -0.2) is 4.98 Å². The molecule has 0 atom stereocenters. The minimum atomic E-state index is 0.00959. The van der Waals surface area contributed by atoms with Gasteiger partial charge in [-0.3, -0.25) is 4.79 Å². The van der Waals surface area contributed by atoms with E-state index in [0.717, 1.165) is 15.6 Å². The number of rotatable bonds is 3. The molecule has 0 N–H and O–H groups in total. The fraction of sp³-hybridized carbons (Fsp3) is 0.125. The molecule has 0 aliphatic heterocycles. The van der Waals surface area contributed by atoms with Gasteiger partial charge in [-0.15, -0.1) is 0 Å². The van der Waals surface area contributed by atoms with Crippen LogP contribution in [-0.2, 0) is 6.42 Å². The first-order valence-electron chi connectivity index (χ1n) is 6.28. The van der Waals surface area contributed by atoms with Crippen molar-refractivity contribution in [3.8, 4) is 0 Å². The van der Waals surface area contributed by atoms with Crippen LogP contribution in [0.4, 0.5) is 0 Å². The zero-order chi connectivity index (χ0) is 14.1. The average Bonchev–Trinajstić information content (AvgIpc) is 2.83. The van der Waals surface area contributed by atoms with Crippen molar-refractivity contribution in [3.63, 3.8) is 0 Å². The van der Waals surface area contributed by atoms with Crippen LogP contribution in [-0.4, -0.2) is 10.8 Å². The number of ketones is 1. The molecule has 0 unspecified atom stereocenters. The lowest BCUT2D eigenvalue weighted by Gasteiger charge is -2.04. The zero-order valence-corrected chi connectivity index (χ0v) is 12.5. The summed E-state index contributed by atoms with van der Waals surface area (Å²) in [5.74, 6) is 0.464. The van der Waals surface area contributed by atoms with Crippen molar-refractivity contribution in [2.24, 2.45) is 0 Å². The normalized spacial score (nSPS) is 10.9. The molecule has 0 amide bonds. The van der Waals surface area contributed by atoms with Gasteiger partial charge in [0.2, 0.25) is 5.89 Å². The lowest BCUT2D eigenvalue weighted by atomic mass is 10.0. The summed E-state index contributed by atoms with van der Waals surface area (Å²) in [5, 5.41) is 0. The maximum Gasteiger partial charge on any atom is 0.203 e. The molecule has 0 aliphatic rings. The molecular weight excluding hydrogens is 318 g/mol. The van der Waals surface area contributed by atoms with Gasteiger partial charge in [0.25, 0.3) is 0 Å². The van der Waals surface area contributed by atoms with E-state index in [1.54, 1.807) is 0 Å². The first-order chi connectivity index (χ1) is 9.65. The van der Waals surface area contributed by atoms with Crippen LogP contribution in [0.2, 0.25) is 0 Å². The molecule has 0 aliphatic carbocycles. The fourth-order valence-electron chi connectivity index (χ4n) is 2.14. The molecule has 0 bridgehead atoms. The number of para-hydroxylation sites is 2. The van der Waals surface area contributed by atoms with Crippen molar-refractivity contribution < 1.29 is 9.21 Å². The number of hydrogen-bond acceptors (Lipinski definition) is 3. The molecule has 0 radical (unpaired) electrons. The van der Waals surface area contributed by atoms with Gasteiger partial charge in [-0.05, 0) is 30.7 Å². The van der Waals surface area contributed by atoms with Gasteiger partial charge in [-0.2, -0.15) is 0 Å². The highest BCUT2D eigenvalue weighted by Crippen LogP contribution is 2.22. The molecule has 0 fully saturated rings. The largest absolute Gasteiger partial charge is 0.440 e. The molecule has 0 saturated carbocycles. The molecule has 1 heterocycles. The Hall–Kier alpha value is -1.94. The number of Topliss-reactive ketones (excluding diaryl/α,β-unsaturated/α-hetero) is 1. The van der Waals surface area contributed by atoms with Crippen molar-refractivity contribution in [2.45, 2.75) is 13.3 Å². The molecule has 2 aromatic carbocycles. The lowest BCUT2D eigenvalue weighted by molar-refractivity contribution is 0.0985. The number of oxazole rings is 1. The van der Waals surface area contributed by atoms with Crippen LogP contribution in [0.5, 0.6) is 0 Å². The third-order valence-corrected chi connectivity index (χ3v) is 4.08. The third kappa shape index (κ3) is 2.39. The van der Waals surface area contributed by atoms with E-state index >= 15 is 0 Å². The predicted octanol–water partition coefficient (Wildman–Crippen LogP) is 4.32. The molecule has 100 valence electrons. The Morgan fingerprint density at radius 1 is 1.20 bits per heavy atom. The number of carbonyl (C=O) groups is 1. The van der Waals surface area contributed by atoms with Gasteiger partial charge >= 0.3 is 0 Å². The Labute approximate surface area is 124 Å². The maximum atomic E-state index is 12.3. The molecule has 0 spiro atoms. The summed E-state index contributed by atoms with van der Waals surface area (Å²) < 4.78 is 6.52. The van der Waals surface area contributed by atoms with E-state index in [4.69, 9.17) is 4.42 Å². The van der Waals surface area contributed by atoms with E-state index in [1.807, 2.05) is 49.4 Å². The van der Waals surface area contributed by atoms with Crippen LogP contribution in [0.1, 0.15) is 21.8 Å². The van der Waals surface area contributed by atoms with E-state index < -0.39 is 0 Å². The van der Waals surface area contributed by atoms with E-state index in [9.17, 15) is 4.79 Å². The molecular formula is C16H12BrNO2. The second kappa shape index (κ2) is 5.21. The summed E-state index contributed by atoms with van der Waals surface area (Å²) in [5.41, 5.74) is 3.12. The van der Waals surface area contributed by atoms with E-state index in [0.29, 0.717) is 17.0 Å². The Balaban J connectivity index is 1.90. The quantitative estimate of drug-likeness (QED) is 0.672. The first kappa shape index (κ1) is 13.1. The average molecular weight is 330 g/mol. The van der Waals surface area contributed by atoms with Crippen LogP contribution >= 0.6 is 15.9 Å². The van der Waals surface area contributed by atoms with Gasteiger partial charge < -0.3 is 4.42 Å². The molecule has 3 rings (SSSR count). The topological polar surface area (TPSA) is 43.1 Å². The number of aromatic nitrogens is 1. The van der Waals surface area contributed by atoms with Gasteiger partial charge in [0.15, 0.2) is 11.4 Å². The highest BCUT2D eigenvalue weighted by atomic mass is 79.9. The van der Waals surface area contributed by atoms with Crippen molar-refractivity contribution in [1.29, 1.82) is 0 Å². The SMILES string of the molecule is Cc1c(Br)cccc1C(=O)Cc1nc2ccccc2o1. The summed E-state index contributed by atoms with van der Waals surface area (Å²) in [6.45, 7) is 1.92. The van der Waals surface area contributed by atoms with Crippen molar-refractivity contribution >= 4 is 32.8 Å². The highest BCUT2D eigenvalue weighted by Gasteiger charge is 2.15. The minimum Gasteiger partial charge on any atom is -0.440 e. The van der Waals surface area contributed by atoms with Crippen LogP contribution in [0.25, 0.3) is 11.1 Å². The highest BCUT2D eigenvalue weighted by molar-refractivity contribution is 9.10. The number of fused-ring (bicyclic) bond motifs is 1. The first-order valence-corrected chi connectivity index (χ1v) is 7.07. The van der Waals surface area contributed by atoms with Gasteiger partial charge in [-0.1, -0.05) is 40.2 Å². The molecule has 20 heavy (non-hydrogen) atoms. The fourth-order valence-corrected chi connectivity index (χ4v) is 2.50. The van der Waals surface area contributed by atoms with E-state index in [1.165, 1.54) is 0 Å². The second-order valence-corrected chi connectivity index (χ2v) is 5.44. The summed E-state index contributed by atoms with van der Waals surface area (Å²) in [6.07, 6.45) is 0.173. The smallest absolute Gasteiger partial charge is 0.203 e. The molecule has 1 aromatic heterocycles. The molecule has 0 saturated heterocycles. The standard InChI is InChI=1S/C16H12BrNO2/c1-10-11(5-4-6-12(10)17)14(19)9-16-18-13-7-2-3-8-15(13)20-16/h2-8H,9H2,1H3. The number of nitrogens with zero attached hydrogens (tertiary/aromatic N) is 1. The second-order valence-electron chi connectivity index (χ2n) is 4.59. The monoisotopic (exact) mass is 329 g/mol. The number of halogens is 1. The van der Waals surface area contributed by atoms with E-state index in [-0.39, 0.29) is 12.2 Å². The zero-order valence-electron chi connectivity index (χ0n) is 10.9. The Bertz CT molecular complexity index is 759. The summed E-state index contributed by atoms with van der Waals surface area (Å²) in [6, 6.07) is 13.1. The number of carbonyl (C=O) groups excluding carboxylic acids is 1. The van der Waals surface area contributed by atoms with Crippen LogP contribution < -0.4 is 0 Å². The van der Waals surface area contributed by atoms with Crippen LogP contribution in [0.3, 0.4) is 0 Å². The summed E-state index contributed by atoms with van der Waals surface area (Å²) in [4.78, 5) is 16.7. The van der Waals surface area contributed by atoms with Crippen molar-refractivity contribution in [2.75, 3.05) is 0 Å². The van der Waals surface area contributed by atoms with E-state index in [2.05, 4.69) is 20.9 Å². The van der Waals surface area contributed by atoms with Gasteiger partial charge in [0, 0.05) is 10.0 Å². The Morgan fingerprint density at radius 3 is 2.80 bits per heavy atom. The maximum absolute atomic E-state index is 12.3. The lowest BCUT2D eigenvalue weighted by Crippen LogP contribution is -2.06. The minimum absolute atomic E-state index is 0.00959. The molecule has 3 aromatic rings. The Morgan fingerprint density at radius 2 is 2.00 bits per heavy atom. The van der Waals surface area contributed by atoms with Crippen LogP contribution in [0, 0.1) is 6.92 Å². The third-order valence-electron chi connectivity index (χ3n) is 3.22. The number of benzene rings is 2. The predicted molar refractivity (Wildman–Crippen MR) is 80.9 cm³/mol. The Kier molecular flexibility index (Phi) is 3.40. The molecule has 3 nitrogen and oxygen atoms in total. The van der Waals surface area contributed by atoms with Gasteiger partial charge in [0.1, 0.15) is 5.52 Å². The van der Waals surface area contributed by atoms with Crippen molar-refractivity contribution in [1.82, 2.24) is 4.98 Å². The molecule has 4 heteroatoms.